The van der Waals surface area contributed by atoms with Gasteiger partial charge < -0.3 is 10.2 Å². The van der Waals surface area contributed by atoms with Crippen LogP contribution in [0.2, 0.25) is 5.02 Å². The van der Waals surface area contributed by atoms with Gasteiger partial charge in [0.05, 0.1) is 10.6 Å². The third-order valence-electron chi connectivity index (χ3n) is 6.94. The van der Waals surface area contributed by atoms with Gasteiger partial charge in [0, 0.05) is 18.1 Å². The largest absolute Gasteiger partial charge is 0.354 e. The summed E-state index contributed by atoms with van der Waals surface area (Å²) in [6.45, 7) is 11.5. The minimum atomic E-state index is -4.16. The second-order valence-electron chi connectivity index (χ2n) is 10.8. The van der Waals surface area contributed by atoms with E-state index in [2.05, 4.69) is 5.32 Å². The first-order valence-corrected chi connectivity index (χ1v) is 15.6. The minimum Gasteiger partial charge on any atom is -0.354 e. The van der Waals surface area contributed by atoms with Gasteiger partial charge in [0.25, 0.3) is 10.0 Å². The normalized spacial score (nSPS) is 12.2. The lowest BCUT2D eigenvalue weighted by Gasteiger charge is -2.33. The number of anilines is 1. The summed E-state index contributed by atoms with van der Waals surface area (Å²) in [5.74, 6) is -0.528. The third-order valence-corrected chi connectivity index (χ3v) is 9.12. The topological polar surface area (TPSA) is 86.8 Å². The molecule has 0 spiro atoms. The molecule has 0 saturated carbocycles. The fourth-order valence-corrected chi connectivity index (χ4v) is 6.09. The molecule has 1 N–H and O–H groups in total. The lowest BCUT2D eigenvalue weighted by atomic mass is 10.1. The van der Waals surface area contributed by atoms with E-state index in [9.17, 15) is 18.0 Å². The third kappa shape index (κ3) is 8.11. The maximum absolute atomic E-state index is 14.2. The number of aryl methyl sites for hydroxylation is 2. The molecule has 0 bridgehead atoms. The lowest BCUT2D eigenvalue weighted by molar-refractivity contribution is -0.140. The zero-order valence-electron chi connectivity index (χ0n) is 24.6. The van der Waals surface area contributed by atoms with Gasteiger partial charge in [-0.2, -0.15) is 0 Å². The van der Waals surface area contributed by atoms with E-state index in [0.717, 1.165) is 21.0 Å². The highest BCUT2D eigenvalue weighted by molar-refractivity contribution is 7.92. The van der Waals surface area contributed by atoms with Gasteiger partial charge in [0.15, 0.2) is 0 Å². The number of hydrogen-bond donors (Lipinski definition) is 1. The van der Waals surface area contributed by atoms with E-state index in [4.69, 9.17) is 11.6 Å². The van der Waals surface area contributed by atoms with Crippen molar-refractivity contribution in [2.75, 3.05) is 17.4 Å². The molecule has 0 saturated heterocycles. The predicted octanol–water partition coefficient (Wildman–Crippen LogP) is 6.04. The number of benzene rings is 3. The van der Waals surface area contributed by atoms with Crippen molar-refractivity contribution in [2.24, 2.45) is 5.92 Å². The van der Waals surface area contributed by atoms with E-state index in [1.165, 1.54) is 17.0 Å². The number of hydrogen-bond acceptors (Lipinski definition) is 4. The summed E-state index contributed by atoms with van der Waals surface area (Å²) in [5, 5.41) is 3.33. The maximum atomic E-state index is 14.2. The number of nitrogens with zero attached hydrogens (tertiary/aromatic N) is 2. The number of carbonyl (C=O) groups excluding carboxylic acids is 2. The van der Waals surface area contributed by atoms with Crippen LogP contribution in [-0.2, 0) is 26.2 Å². The van der Waals surface area contributed by atoms with Gasteiger partial charge in [-0.05, 0) is 68.5 Å². The Morgan fingerprint density at radius 3 is 2.05 bits per heavy atom. The average Bonchev–Trinajstić information content (AvgIpc) is 2.93. The van der Waals surface area contributed by atoms with Crippen LogP contribution in [0.15, 0.2) is 71.6 Å². The van der Waals surface area contributed by atoms with Crippen molar-refractivity contribution in [1.29, 1.82) is 0 Å². The van der Waals surface area contributed by atoms with Gasteiger partial charge in [-0.1, -0.05) is 86.0 Å². The molecule has 1 unspecified atom stereocenters. The molecule has 0 fully saturated rings. The summed E-state index contributed by atoms with van der Waals surface area (Å²) in [6.07, 6.45) is 0.364. The molecule has 2 amide bonds. The molecule has 3 rings (SSSR count). The predicted molar refractivity (Wildman–Crippen MR) is 166 cm³/mol. The zero-order chi connectivity index (χ0) is 30.3. The summed E-state index contributed by atoms with van der Waals surface area (Å²) >= 11 is 6.40. The van der Waals surface area contributed by atoms with Crippen LogP contribution in [-0.4, -0.2) is 44.3 Å². The Morgan fingerprint density at radius 2 is 1.49 bits per heavy atom. The van der Waals surface area contributed by atoms with Gasteiger partial charge in [-0.15, -0.1) is 0 Å². The van der Waals surface area contributed by atoms with Crippen LogP contribution < -0.4 is 9.62 Å². The van der Waals surface area contributed by atoms with Crippen LogP contribution in [0.25, 0.3) is 0 Å². The van der Waals surface area contributed by atoms with Gasteiger partial charge in [-0.25, -0.2) is 8.42 Å². The Morgan fingerprint density at radius 1 is 0.902 bits per heavy atom. The molecule has 7 nitrogen and oxygen atoms in total. The Labute approximate surface area is 249 Å². The van der Waals surface area contributed by atoms with Crippen molar-refractivity contribution in [2.45, 2.75) is 65.4 Å². The van der Waals surface area contributed by atoms with Gasteiger partial charge in [-0.3, -0.25) is 13.9 Å². The molecule has 0 radical (unpaired) electrons. The van der Waals surface area contributed by atoms with E-state index in [1.807, 2.05) is 58.9 Å². The Kier molecular flexibility index (Phi) is 11.0. The molecule has 9 heteroatoms. The van der Waals surface area contributed by atoms with E-state index in [1.54, 1.807) is 37.3 Å². The molecule has 1 atom stereocenters. The fourth-order valence-electron chi connectivity index (χ4n) is 4.45. The van der Waals surface area contributed by atoms with Gasteiger partial charge in [0.1, 0.15) is 12.6 Å². The van der Waals surface area contributed by atoms with Crippen molar-refractivity contribution < 1.29 is 18.0 Å². The first-order chi connectivity index (χ1) is 19.3. The van der Waals surface area contributed by atoms with Crippen LogP contribution in [0.4, 0.5) is 5.69 Å². The van der Waals surface area contributed by atoms with E-state index in [0.29, 0.717) is 29.2 Å². The number of nitrogens with one attached hydrogen (secondary N) is 1. The lowest BCUT2D eigenvalue weighted by Crippen LogP contribution is -2.52. The van der Waals surface area contributed by atoms with Crippen molar-refractivity contribution in [3.05, 3.63) is 94.0 Å². The first kappa shape index (κ1) is 32.2. The minimum absolute atomic E-state index is 0.0575. The van der Waals surface area contributed by atoms with Gasteiger partial charge in [0.2, 0.25) is 11.8 Å². The van der Waals surface area contributed by atoms with Crippen molar-refractivity contribution in [3.63, 3.8) is 0 Å². The number of halogens is 1. The molecule has 3 aromatic rings. The summed E-state index contributed by atoms with van der Waals surface area (Å²) in [7, 11) is -4.16. The van der Waals surface area contributed by atoms with Crippen LogP contribution >= 0.6 is 11.6 Å². The smallest absolute Gasteiger partial charge is 0.264 e. The molecule has 0 aliphatic carbocycles. The van der Waals surface area contributed by atoms with Crippen molar-refractivity contribution in [1.82, 2.24) is 10.2 Å². The second-order valence-corrected chi connectivity index (χ2v) is 13.0. The quantitative estimate of drug-likeness (QED) is 0.276. The number of carbonyl (C=O) groups is 2. The highest BCUT2D eigenvalue weighted by Crippen LogP contribution is 2.31. The monoisotopic (exact) mass is 597 g/mol. The zero-order valence-corrected chi connectivity index (χ0v) is 26.2. The molecular weight excluding hydrogens is 558 g/mol. The summed E-state index contributed by atoms with van der Waals surface area (Å²) in [5.41, 5.74) is 3.66. The molecule has 41 heavy (non-hydrogen) atoms. The van der Waals surface area contributed by atoms with E-state index >= 15 is 0 Å². The molecule has 220 valence electrons. The molecule has 0 heterocycles. The second kappa shape index (κ2) is 14.0. The summed E-state index contributed by atoms with van der Waals surface area (Å²) in [6, 6.07) is 18.4. The molecule has 0 aromatic heterocycles. The van der Waals surface area contributed by atoms with E-state index < -0.39 is 28.5 Å². The number of sulfonamides is 1. The van der Waals surface area contributed by atoms with Crippen LogP contribution in [0.3, 0.4) is 0 Å². The molecule has 3 aromatic carbocycles. The Bertz CT molecular complexity index is 1460. The molecule has 0 aliphatic heterocycles. The standard InChI is InChI=1S/C32H40ClN3O4S/c1-7-29(32(38)34-19-22(2)3)35(20-26-15-11-23(4)12-16-26)31(37)21-36(30-10-8-9-28(33)25(30)6)41(39,40)27-17-13-24(5)14-18-27/h8-18,22,29H,7,19-21H2,1-6H3,(H,34,38). The van der Waals surface area contributed by atoms with Gasteiger partial charge >= 0.3 is 0 Å². The molecular formula is C32H40ClN3O4S. The average molecular weight is 598 g/mol. The fraction of sp³-hybridized carbons (Fsp3) is 0.375. The van der Waals surface area contributed by atoms with Crippen LogP contribution in [0, 0.1) is 26.7 Å². The van der Waals surface area contributed by atoms with Crippen molar-refractivity contribution >= 4 is 39.1 Å². The highest BCUT2D eigenvalue weighted by atomic mass is 35.5. The first-order valence-electron chi connectivity index (χ1n) is 13.8. The molecule has 0 aliphatic rings. The Hall–Kier alpha value is -3.36. The number of amides is 2. The highest BCUT2D eigenvalue weighted by Gasteiger charge is 2.34. The van der Waals surface area contributed by atoms with Crippen LogP contribution in [0.1, 0.15) is 49.4 Å². The summed E-state index contributed by atoms with van der Waals surface area (Å²) in [4.78, 5) is 29.0. The maximum Gasteiger partial charge on any atom is 0.264 e. The SMILES string of the molecule is CCC(C(=O)NCC(C)C)N(Cc1ccc(C)cc1)C(=O)CN(c1cccc(Cl)c1C)S(=O)(=O)c1ccc(C)cc1. The van der Waals surface area contributed by atoms with Crippen LogP contribution in [0.5, 0.6) is 0 Å². The Balaban J connectivity index is 2.08. The number of rotatable bonds is 12. The van der Waals surface area contributed by atoms with Crippen molar-refractivity contribution in [3.8, 4) is 0 Å². The van der Waals surface area contributed by atoms with E-state index in [-0.39, 0.29) is 23.3 Å². The summed E-state index contributed by atoms with van der Waals surface area (Å²) < 4.78 is 29.2.